The number of nitrogen functional groups attached to an aromatic ring is 1. The van der Waals surface area contributed by atoms with E-state index in [0.29, 0.717) is 16.6 Å². The molecule has 3 heterocycles. The van der Waals surface area contributed by atoms with Gasteiger partial charge in [-0.2, -0.15) is 0 Å². The SMILES string of the molecule is Nc1c(C(=O)NC2CCCC2)sc2nc3c(cc12)CN(Cc1ccccc1)CC3. The number of carbonyl (C=O) groups excluding carboxylic acids is 1. The highest BCUT2D eigenvalue weighted by atomic mass is 32.1. The highest BCUT2D eigenvalue weighted by Gasteiger charge is 2.24. The zero-order valence-corrected chi connectivity index (χ0v) is 17.3. The third kappa shape index (κ3) is 3.74. The first-order chi connectivity index (χ1) is 14.2. The van der Waals surface area contributed by atoms with Gasteiger partial charge in [0.15, 0.2) is 0 Å². The van der Waals surface area contributed by atoms with Crippen molar-refractivity contribution in [3.05, 3.63) is 58.1 Å². The number of nitrogens with zero attached hydrogens (tertiary/aromatic N) is 2. The van der Waals surface area contributed by atoms with Crippen LogP contribution in [-0.4, -0.2) is 28.4 Å². The van der Waals surface area contributed by atoms with Crippen molar-refractivity contribution in [2.75, 3.05) is 12.3 Å². The van der Waals surface area contributed by atoms with Gasteiger partial charge in [0.05, 0.1) is 5.69 Å². The van der Waals surface area contributed by atoms with Crippen LogP contribution in [0.5, 0.6) is 0 Å². The molecule has 5 nitrogen and oxygen atoms in total. The van der Waals surface area contributed by atoms with Crippen LogP contribution in [0.25, 0.3) is 10.2 Å². The van der Waals surface area contributed by atoms with Gasteiger partial charge in [-0.1, -0.05) is 43.2 Å². The van der Waals surface area contributed by atoms with Gasteiger partial charge in [0, 0.05) is 43.2 Å². The van der Waals surface area contributed by atoms with Gasteiger partial charge in [0.25, 0.3) is 5.91 Å². The van der Waals surface area contributed by atoms with E-state index in [2.05, 4.69) is 46.6 Å². The fourth-order valence-electron chi connectivity index (χ4n) is 4.52. The molecule has 0 radical (unpaired) electrons. The predicted octanol–water partition coefficient (Wildman–Crippen LogP) is 4.11. The van der Waals surface area contributed by atoms with Crippen LogP contribution in [0.3, 0.4) is 0 Å². The monoisotopic (exact) mass is 406 g/mol. The topological polar surface area (TPSA) is 71.2 Å². The summed E-state index contributed by atoms with van der Waals surface area (Å²) in [6.45, 7) is 2.80. The molecule has 5 rings (SSSR count). The quantitative estimate of drug-likeness (QED) is 0.684. The number of anilines is 1. The molecule has 0 unspecified atom stereocenters. The van der Waals surface area contributed by atoms with Gasteiger partial charge < -0.3 is 11.1 Å². The molecule has 1 saturated carbocycles. The number of pyridine rings is 1. The van der Waals surface area contributed by atoms with Crippen LogP contribution in [-0.2, 0) is 19.5 Å². The molecule has 2 aliphatic rings. The third-order valence-corrected chi connectivity index (χ3v) is 7.21. The van der Waals surface area contributed by atoms with E-state index < -0.39 is 0 Å². The van der Waals surface area contributed by atoms with Crippen molar-refractivity contribution in [3.8, 4) is 0 Å². The van der Waals surface area contributed by atoms with Crippen molar-refractivity contribution < 1.29 is 4.79 Å². The first-order valence-electron chi connectivity index (χ1n) is 10.5. The first-order valence-corrected chi connectivity index (χ1v) is 11.3. The molecule has 1 fully saturated rings. The lowest BCUT2D eigenvalue weighted by Gasteiger charge is -2.28. The van der Waals surface area contributed by atoms with Crippen LogP contribution in [0.2, 0.25) is 0 Å². The van der Waals surface area contributed by atoms with Gasteiger partial charge in [-0.05, 0) is 30.0 Å². The van der Waals surface area contributed by atoms with Crippen molar-refractivity contribution in [2.45, 2.75) is 51.2 Å². The van der Waals surface area contributed by atoms with Crippen molar-refractivity contribution in [1.82, 2.24) is 15.2 Å². The van der Waals surface area contributed by atoms with Gasteiger partial charge in [-0.3, -0.25) is 9.69 Å². The summed E-state index contributed by atoms with van der Waals surface area (Å²) in [7, 11) is 0. The molecule has 3 aromatic rings. The maximum Gasteiger partial charge on any atom is 0.263 e. The molecule has 1 aliphatic carbocycles. The Labute approximate surface area is 174 Å². The normalized spacial score (nSPS) is 17.5. The average Bonchev–Trinajstić information content (AvgIpc) is 3.35. The lowest BCUT2D eigenvalue weighted by molar-refractivity contribution is 0.0943. The average molecular weight is 407 g/mol. The standard InChI is InChI=1S/C23H26N4OS/c24-20-18-12-16-14-27(13-15-6-2-1-3-7-15)11-10-19(16)26-23(18)29-21(20)22(28)25-17-8-4-5-9-17/h1-3,6-7,12,17H,4-5,8-11,13-14,24H2,(H,25,28). The maximum atomic E-state index is 12.8. The Kier molecular flexibility index (Phi) is 4.97. The minimum Gasteiger partial charge on any atom is -0.397 e. The lowest BCUT2D eigenvalue weighted by Crippen LogP contribution is -2.32. The Bertz CT molecular complexity index is 1040. The van der Waals surface area contributed by atoms with E-state index in [-0.39, 0.29) is 5.91 Å². The first kappa shape index (κ1) is 18.6. The van der Waals surface area contributed by atoms with E-state index in [1.807, 2.05) is 0 Å². The second kappa shape index (κ2) is 7.76. The van der Waals surface area contributed by atoms with Gasteiger partial charge in [0.1, 0.15) is 9.71 Å². The molecule has 3 N–H and O–H groups in total. The zero-order valence-electron chi connectivity index (χ0n) is 16.5. The number of benzene rings is 1. The molecule has 1 amide bonds. The number of hydrogen-bond acceptors (Lipinski definition) is 5. The van der Waals surface area contributed by atoms with Crippen LogP contribution in [0.1, 0.15) is 52.2 Å². The number of hydrogen-bond donors (Lipinski definition) is 2. The lowest BCUT2D eigenvalue weighted by atomic mass is 10.0. The van der Waals surface area contributed by atoms with E-state index in [0.717, 1.165) is 54.8 Å². The molecule has 150 valence electrons. The second-order valence-corrected chi connectivity index (χ2v) is 9.19. The Morgan fingerprint density at radius 1 is 1.24 bits per heavy atom. The highest BCUT2D eigenvalue weighted by molar-refractivity contribution is 7.21. The number of amides is 1. The second-order valence-electron chi connectivity index (χ2n) is 8.19. The summed E-state index contributed by atoms with van der Waals surface area (Å²) in [5.74, 6) is -0.0407. The number of thiophene rings is 1. The molecule has 1 aliphatic heterocycles. The predicted molar refractivity (Wildman–Crippen MR) is 118 cm³/mol. The summed E-state index contributed by atoms with van der Waals surface area (Å²) in [6, 6.07) is 13.0. The molecule has 0 saturated heterocycles. The number of aromatic nitrogens is 1. The van der Waals surface area contributed by atoms with E-state index in [9.17, 15) is 4.79 Å². The van der Waals surface area contributed by atoms with Crippen LogP contribution >= 0.6 is 11.3 Å². The molecule has 0 bridgehead atoms. The molecule has 0 atom stereocenters. The van der Waals surface area contributed by atoms with Gasteiger partial charge in [-0.15, -0.1) is 11.3 Å². The Morgan fingerprint density at radius 2 is 2.03 bits per heavy atom. The smallest absolute Gasteiger partial charge is 0.263 e. The van der Waals surface area contributed by atoms with Gasteiger partial charge in [-0.25, -0.2) is 4.98 Å². The number of carbonyl (C=O) groups is 1. The Hall–Kier alpha value is -2.44. The van der Waals surface area contributed by atoms with Crippen LogP contribution < -0.4 is 11.1 Å². The number of nitrogens with two attached hydrogens (primary N) is 1. The van der Waals surface area contributed by atoms with Crippen molar-refractivity contribution in [1.29, 1.82) is 0 Å². The van der Waals surface area contributed by atoms with Crippen LogP contribution in [0.15, 0.2) is 36.4 Å². The summed E-state index contributed by atoms with van der Waals surface area (Å²) in [4.78, 5) is 21.6. The van der Waals surface area contributed by atoms with Crippen LogP contribution in [0, 0.1) is 0 Å². The molecule has 1 aromatic carbocycles. The third-order valence-electron chi connectivity index (χ3n) is 6.09. The van der Waals surface area contributed by atoms with E-state index in [1.165, 1.54) is 35.3 Å². The minimum absolute atomic E-state index is 0.0407. The largest absolute Gasteiger partial charge is 0.397 e. The molecular formula is C23H26N4OS. The number of rotatable bonds is 4. The maximum absolute atomic E-state index is 12.8. The van der Waals surface area contributed by atoms with Crippen molar-refractivity contribution in [2.24, 2.45) is 0 Å². The number of nitrogens with one attached hydrogen (secondary N) is 1. The van der Waals surface area contributed by atoms with Gasteiger partial charge in [0.2, 0.25) is 0 Å². The molecule has 2 aromatic heterocycles. The summed E-state index contributed by atoms with van der Waals surface area (Å²) in [5, 5.41) is 4.08. The van der Waals surface area contributed by atoms with Crippen molar-refractivity contribution >= 4 is 33.1 Å². The summed E-state index contributed by atoms with van der Waals surface area (Å²) < 4.78 is 0. The molecule has 6 heteroatoms. The fourth-order valence-corrected chi connectivity index (χ4v) is 5.52. The molecule has 0 spiro atoms. The number of fused-ring (bicyclic) bond motifs is 2. The highest BCUT2D eigenvalue weighted by Crippen LogP contribution is 2.35. The summed E-state index contributed by atoms with van der Waals surface area (Å²) in [5.41, 5.74) is 10.7. The van der Waals surface area contributed by atoms with Crippen LogP contribution in [0.4, 0.5) is 5.69 Å². The minimum atomic E-state index is -0.0407. The Morgan fingerprint density at radius 3 is 2.83 bits per heavy atom. The van der Waals surface area contributed by atoms with E-state index in [1.54, 1.807) is 0 Å². The van der Waals surface area contributed by atoms with E-state index >= 15 is 0 Å². The molecular weight excluding hydrogens is 380 g/mol. The summed E-state index contributed by atoms with van der Waals surface area (Å²) in [6.07, 6.45) is 5.46. The van der Waals surface area contributed by atoms with Gasteiger partial charge >= 0.3 is 0 Å². The molecule has 29 heavy (non-hydrogen) atoms. The van der Waals surface area contributed by atoms with Crippen molar-refractivity contribution in [3.63, 3.8) is 0 Å². The Balaban J connectivity index is 1.38. The fraction of sp³-hybridized carbons (Fsp3) is 0.391. The van der Waals surface area contributed by atoms with E-state index in [4.69, 9.17) is 10.7 Å². The zero-order chi connectivity index (χ0) is 19.8. The summed E-state index contributed by atoms with van der Waals surface area (Å²) >= 11 is 1.43.